The maximum atomic E-state index is 14.2. The number of hydrogen-bond acceptors (Lipinski definition) is 5. The monoisotopic (exact) mass is 495 g/mol. The average Bonchev–Trinajstić information content (AvgIpc) is 3.43. The highest BCUT2D eigenvalue weighted by molar-refractivity contribution is 7.14. The van der Waals surface area contributed by atoms with Crippen LogP contribution in [0.25, 0.3) is 6.08 Å². The minimum atomic E-state index is -0.529. The molecule has 0 atom stereocenters. The zero-order chi connectivity index (χ0) is 24.1. The Hall–Kier alpha value is -3.82. The van der Waals surface area contributed by atoms with E-state index in [1.165, 1.54) is 47.4 Å². The van der Waals surface area contributed by atoms with Crippen LogP contribution in [0.5, 0.6) is 0 Å². The molecule has 4 rings (SSSR count). The number of carbonyl (C=O) groups is 2. The number of amides is 2. The largest absolute Gasteiger partial charge is 0.307 e. The van der Waals surface area contributed by atoms with Gasteiger partial charge in [-0.1, -0.05) is 35.9 Å². The number of carbonyl (C=O) groups excluding carboxylic acids is 2. The first-order valence-corrected chi connectivity index (χ1v) is 11.4. The summed E-state index contributed by atoms with van der Waals surface area (Å²) in [4.78, 5) is 30.2. The molecule has 34 heavy (non-hydrogen) atoms. The first kappa shape index (κ1) is 23.3. The van der Waals surface area contributed by atoms with Gasteiger partial charge in [0.1, 0.15) is 11.6 Å². The number of halogens is 2. The summed E-state index contributed by atoms with van der Waals surface area (Å²) in [5, 5.41) is 9.63. The van der Waals surface area contributed by atoms with Gasteiger partial charge in [0.05, 0.1) is 24.1 Å². The predicted octanol–water partition coefficient (Wildman–Crippen LogP) is 5.52. The first-order valence-electron chi connectivity index (χ1n) is 10.2. The van der Waals surface area contributed by atoms with Crippen molar-refractivity contribution in [1.82, 2.24) is 14.8 Å². The third-order valence-corrected chi connectivity index (χ3v) is 5.78. The summed E-state index contributed by atoms with van der Waals surface area (Å²) in [6.07, 6.45) is 4.44. The highest BCUT2D eigenvalue weighted by atomic mass is 35.5. The standard InChI is InChI=1S/C24H19ClFN5O2S/c1-16(32)31(21-8-3-2-7-20(21)26)24-28-19(15-34-24)9-10-23(33)29-22-11-12-27-30(22)14-17-5-4-6-18(25)13-17/h2-13,15H,14H2,1H3,(H,29,33)/b10-9+. The van der Waals surface area contributed by atoms with Gasteiger partial charge in [-0.05, 0) is 35.9 Å². The van der Waals surface area contributed by atoms with Crippen LogP contribution in [-0.4, -0.2) is 26.6 Å². The zero-order valence-corrected chi connectivity index (χ0v) is 19.6. The van der Waals surface area contributed by atoms with E-state index in [9.17, 15) is 14.0 Å². The molecule has 0 bridgehead atoms. The summed E-state index contributed by atoms with van der Waals surface area (Å²) in [7, 11) is 0. The van der Waals surface area contributed by atoms with E-state index in [0.717, 1.165) is 5.56 Å². The Balaban J connectivity index is 1.44. The lowest BCUT2D eigenvalue weighted by Crippen LogP contribution is -2.23. The molecule has 7 nitrogen and oxygen atoms in total. The summed E-state index contributed by atoms with van der Waals surface area (Å²) in [6, 6.07) is 15.1. The molecule has 0 saturated carbocycles. The molecule has 2 amide bonds. The second kappa shape index (κ2) is 10.4. The van der Waals surface area contributed by atoms with E-state index in [1.807, 2.05) is 18.2 Å². The Labute approximate surface area is 204 Å². The van der Waals surface area contributed by atoms with Gasteiger partial charge in [0, 0.05) is 29.5 Å². The molecule has 172 valence electrons. The number of nitrogens with one attached hydrogen (secondary N) is 1. The number of thiazole rings is 1. The number of hydrogen-bond donors (Lipinski definition) is 1. The molecule has 2 aromatic carbocycles. The Morgan fingerprint density at radius 1 is 1.21 bits per heavy atom. The van der Waals surface area contributed by atoms with Crippen LogP contribution < -0.4 is 10.2 Å². The smallest absolute Gasteiger partial charge is 0.249 e. The summed E-state index contributed by atoms with van der Waals surface area (Å²) in [5.41, 5.74) is 1.53. The van der Waals surface area contributed by atoms with Crippen molar-refractivity contribution in [2.75, 3.05) is 10.2 Å². The Morgan fingerprint density at radius 3 is 2.79 bits per heavy atom. The van der Waals surface area contributed by atoms with E-state index in [4.69, 9.17) is 11.6 Å². The first-order chi connectivity index (χ1) is 16.4. The highest BCUT2D eigenvalue weighted by Crippen LogP contribution is 2.31. The Morgan fingerprint density at radius 2 is 2.03 bits per heavy atom. The molecule has 0 aliphatic carbocycles. The topological polar surface area (TPSA) is 80.1 Å². The van der Waals surface area contributed by atoms with Crippen LogP contribution in [0.15, 0.2) is 72.3 Å². The van der Waals surface area contributed by atoms with Crippen molar-refractivity contribution >= 4 is 57.5 Å². The molecular formula is C24H19ClFN5O2S. The third-order valence-electron chi connectivity index (χ3n) is 4.70. The number of rotatable bonds is 7. The summed E-state index contributed by atoms with van der Waals surface area (Å²) >= 11 is 7.21. The van der Waals surface area contributed by atoms with Crippen molar-refractivity contribution < 1.29 is 14.0 Å². The summed E-state index contributed by atoms with van der Waals surface area (Å²) < 4.78 is 15.9. The van der Waals surface area contributed by atoms with Crippen molar-refractivity contribution in [3.05, 3.63) is 94.3 Å². The highest BCUT2D eigenvalue weighted by Gasteiger charge is 2.20. The molecule has 0 unspecified atom stereocenters. The molecule has 10 heteroatoms. The second-order valence-electron chi connectivity index (χ2n) is 7.19. The molecule has 2 aromatic heterocycles. The quantitative estimate of drug-likeness (QED) is 0.342. The van der Waals surface area contributed by atoms with E-state index in [1.54, 1.807) is 40.5 Å². The van der Waals surface area contributed by atoms with Crippen molar-refractivity contribution in [1.29, 1.82) is 0 Å². The normalized spacial score (nSPS) is 11.0. The molecule has 0 aliphatic rings. The molecule has 0 radical (unpaired) electrons. The van der Waals surface area contributed by atoms with Crippen LogP contribution >= 0.6 is 22.9 Å². The van der Waals surface area contributed by atoms with Crippen molar-refractivity contribution in [2.24, 2.45) is 0 Å². The maximum absolute atomic E-state index is 14.2. The zero-order valence-electron chi connectivity index (χ0n) is 18.0. The van der Waals surface area contributed by atoms with Crippen LogP contribution in [0.1, 0.15) is 18.2 Å². The van der Waals surface area contributed by atoms with Gasteiger partial charge < -0.3 is 5.32 Å². The predicted molar refractivity (Wildman–Crippen MR) is 132 cm³/mol. The summed E-state index contributed by atoms with van der Waals surface area (Å²) in [6.45, 7) is 1.78. The fourth-order valence-corrected chi connectivity index (χ4v) is 4.26. The molecule has 2 heterocycles. The van der Waals surface area contributed by atoms with E-state index < -0.39 is 5.82 Å². The molecule has 0 spiro atoms. The number of aromatic nitrogens is 3. The fourth-order valence-electron chi connectivity index (χ4n) is 3.20. The molecule has 0 aliphatic heterocycles. The van der Waals surface area contributed by atoms with Crippen molar-refractivity contribution in [3.8, 4) is 0 Å². The third kappa shape index (κ3) is 5.56. The lowest BCUT2D eigenvalue weighted by atomic mass is 10.2. The van der Waals surface area contributed by atoms with Crippen molar-refractivity contribution in [3.63, 3.8) is 0 Å². The van der Waals surface area contributed by atoms with Gasteiger partial charge in [0.15, 0.2) is 5.13 Å². The van der Waals surface area contributed by atoms with E-state index in [2.05, 4.69) is 15.4 Å². The van der Waals surface area contributed by atoms with Crippen LogP contribution in [-0.2, 0) is 16.1 Å². The second-order valence-corrected chi connectivity index (χ2v) is 8.46. The average molecular weight is 496 g/mol. The minimum absolute atomic E-state index is 0.116. The molecule has 0 fully saturated rings. The lowest BCUT2D eigenvalue weighted by Gasteiger charge is -2.18. The maximum Gasteiger partial charge on any atom is 0.249 e. The van der Waals surface area contributed by atoms with Gasteiger partial charge in [0.25, 0.3) is 0 Å². The van der Waals surface area contributed by atoms with Crippen LogP contribution in [0.4, 0.5) is 21.0 Å². The molecule has 4 aromatic rings. The Kier molecular flexibility index (Phi) is 7.15. The van der Waals surface area contributed by atoms with Gasteiger partial charge in [0.2, 0.25) is 11.8 Å². The lowest BCUT2D eigenvalue weighted by molar-refractivity contribution is -0.116. The molecule has 1 N–H and O–H groups in total. The van der Waals surface area contributed by atoms with Crippen LogP contribution in [0.2, 0.25) is 5.02 Å². The van der Waals surface area contributed by atoms with Crippen LogP contribution in [0.3, 0.4) is 0 Å². The number of nitrogens with zero attached hydrogens (tertiary/aromatic N) is 4. The minimum Gasteiger partial charge on any atom is -0.307 e. The summed E-state index contributed by atoms with van der Waals surface area (Å²) in [5.74, 6) is -0.754. The van der Waals surface area contributed by atoms with Gasteiger partial charge in [-0.15, -0.1) is 11.3 Å². The van der Waals surface area contributed by atoms with Crippen LogP contribution in [0, 0.1) is 5.82 Å². The fraction of sp³-hybridized carbons (Fsp3) is 0.0833. The Bertz CT molecular complexity index is 1370. The van der Waals surface area contributed by atoms with Crippen molar-refractivity contribution in [2.45, 2.75) is 13.5 Å². The van der Waals surface area contributed by atoms with E-state index in [0.29, 0.717) is 28.2 Å². The number of benzene rings is 2. The van der Waals surface area contributed by atoms with E-state index in [-0.39, 0.29) is 17.5 Å². The molecular weight excluding hydrogens is 477 g/mol. The number of para-hydroxylation sites is 1. The van der Waals surface area contributed by atoms with Gasteiger partial charge in [-0.2, -0.15) is 5.10 Å². The molecule has 0 saturated heterocycles. The number of anilines is 3. The van der Waals surface area contributed by atoms with Gasteiger partial charge in [-0.3, -0.25) is 14.5 Å². The van der Waals surface area contributed by atoms with E-state index >= 15 is 0 Å². The van der Waals surface area contributed by atoms with Gasteiger partial charge >= 0.3 is 0 Å². The SMILES string of the molecule is CC(=O)N(c1nc(/C=C/C(=O)Nc2ccnn2Cc2cccc(Cl)c2)cs1)c1ccccc1F. The van der Waals surface area contributed by atoms with Gasteiger partial charge in [-0.25, -0.2) is 14.1 Å².